The molecule has 2 heterocycles. The number of hydrogen-bond donors (Lipinski definition) is 1. The molecule has 6 nitrogen and oxygen atoms in total. The highest BCUT2D eigenvalue weighted by atomic mass is 79.9. The zero-order valence-corrected chi connectivity index (χ0v) is 16.2. The van der Waals surface area contributed by atoms with E-state index >= 15 is 0 Å². The molecule has 136 valence electrons. The lowest BCUT2D eigenvalue weighted by molar-refractivity contribution is 0.0740. The molecule has 1 aromatic heterocycles. The molecule has 1 aromatic carbocycles. The maximum Gasteiger partial charge on any atom is 0.275 e. The van der Waals surface area contributed by atoms with Gasteiger partial charge in [-0.15, -0.1) is 0 Å². The largest absolute Gasteiger partial charge is 0.367 e. The van der Waals surface area contributed by atoms with Crippen molar-refractivity contribution in [3.63, 3.8) is 0 Å². The molecular formula is C18H19BrFN5O. The summed E-state index contributed by atoms with van der Waals surface area (Å²) in [7, 11) is 0. The van der Waals surface area contributed by atoms with E-state index in [0.29, 0.717) is 42.0 Å². The Morgan fingerprint density at radius 3 is 2.62 bits per heavy atom. The number of piperazine rings is 1. The number of rotatable bonds is 3. The number of amides is 1. The van der Waals surface area contributed by atoms with Crippen LogP contribution < -0.4 is 4.90 Å². The van der Waals surface area contributed by atoms with Crippen molar-refractivity contribution in [1.29, 1.82) is 5.26 Å². The summed E-state index contributed by atoms with van der Waals surface area (Å²) in [5.74, 6) is -0.433. The van der Waals surface area contributed by atoms with Gasteiger partial charge in [0.2, 0.25) is 0 Å². The van der Waals surface area contributed by atoms with Gasteiger partial charge in [0.1, 0.15) is 17.4 Å². The molecule has 26 heavy (non-hydrogen) atoms. The Morgan fingerprint density at radius 1 is 1.35 bits per heavy atom. The number of carbonyl (C=O) groups is 1. The third kappa shape index (κ3) is 3.31. The second-order valence-electron chi connectivity index (χ2n) is 6.48. The van der Waals surface area contributed by atoms with Crippen LogP contribution in [0.4, 0.5) is 10.1 Å². The monoisotopic (exact) mass is 419 g/mol. The van der Waals surface area contributed by atoms with Gasteiger partial charge in [-0.2, -0.15) is 10.4 Å². The smallest absolute Gasteiger partial charge is 0.275 e. The van der Waals surface area contributed by atoms with Crippen LogP contribution in [0.5, 0.6) is 0 Å². The van der Waals surface area contributed by atoms with Crippen molar-refractivity contribution < 1.29 is 9.18 Å². The maximum atomic E-state index is 13.8. The van der Waals surface area contributed by atoms with Crippen LogP contribution >= 0.6 is 15.9 Å². The van der Waals surface area contributed by atoms with Crippen molar-refractivity contribution in [2.24, 2.45) is 0 Å². The first kappa shape index (κ1) is 18.4. The van der Waals surface area contributed by atoms with E-state index in [0.717, 1.165) is 5.69 Å². The van der Waals surface area contributed by atoms with Crippen LogP contribution in [0, 0.1) is 17.1 Å². The highest BCUT2D eigenvalue weighted by Gasteiger charge is 2.28. The SMILES string of the molecule is CC(C)c1[nH]nc(C(=O)N2CCN(c3cccc(F)c3C#N)CC2)c1Br. The van der Waals surface area contributed by atoms with Crippen molar-refractivity contribution >= 4 is 27.5 Å². The number of nitrogens with one attached hydrogen (secondary N) is 1. The van der Waals surface area contributed by atoms with Crippen LogP contribution in [0.25, 0.3) is 0 Å². The lowest BCUT2D eigenvalue weighted by Gasteiger charge is -2.36. The molecule has 0 radical (unpaired) electrons. The summed E-state index contributed by atoms with van der Waals surface area (Å²) >= 11 is 3.47. The fraction of sp³-hybridized carbons (Fsp3) is 0.389. The van der Waals surface area contributed by atoms with Gasteiger partial charge in [-0.05, 0) is 34.0 Å². The maximum absolute atomic E-state index is 13.8. The Balaban J connectivity index is 1.72. The number of carbonyl (C=O) groups excluding carboxylic acids is 1. The second kappa shape index (κ2) is 7.46. The van der Waals surface area contributed by atoms with Gasteiger partial charge in [0.05, 0.1) is 15.9 Å². The third-order valence-electron chi connectivity index (χ3n) is 4.52. The summed E-state index contributed by atoms with van der Waals surface area (Å²) in [4.78, 5) is 16.4. The topological polar surface area (TPSA) is 76.0 Å². The van der Waals surface area contributed by atoms with Gasteiger partial charge in [-0.25, -0.2) is 4.39 Å². The van der Waals surface area contributed by atoms with Gasteiger partial charge in [-0.1, -0.05) is 19.9 Å². The van der Waals surface area contributed by atoms with Crippen LogP contribution in [0.3, 0.4) is 0 Å². The Morgan fingerprint density at radius 2 is 2.04 bits per heavy atom. The zero-order valence-electron chi connectivity index (χ0n) is 14.6. The molecule has 0 atom stereocenters. The molecule has 1 saturated heterocycles. The fourth-order valence-electron chi connectivity index (χ4n) is 3.05. The quantitative estimate of drug-likeness (QED) is 0.827. The predicted molar refractivity (Wildman–Crippen MR) is 99.6 cm³/mol. The van der Waals surface area contributed by atoms with E-state index in [-0.39, 0.29) is 17.4 Å². The number of aromatic nitrogens is 2. The molecule has 8 heteroatoms. The van der Waals surface area contributed by atoms with Crippen LogP contribution in [0.1, 0.15) is 41.5 Å². The number of nitriles is 1. The van der Waals surface area contributed by atoms with E-state index in [4.69, 9.17) is 0 Å². The summed E-state index contributed by atoms with van der Waals surface area (Å²) < 4.78 is 14.5. The Kier molecular flexibility index (Phi) is 5.28. The van der Waals surface area contributed by atoms with E-state index in [1.54, 1.807) is 17.0 Å². The molecular weight excluding hydrogens is 401 g/mol. The number of H-pyrrole nitrogens is 1. The standard InChI is InChI=1S/C18H19BrFN5O/c1-11(2)16-15(19)17(23-22-16)18(26)25-8-6-24(7-9-25)14-5-3-4-13(20)12(14)10-21/h3-5,11H,6-9H2,1-2H3,(H,22,23). The molecule has 0 bridgehead atoms. The summed E-state index contributed by atoms with van der Waals surface area (Å²) in [6.07, 6.45) is 0. The lowest BCUT2D eigenvalue weighted by Crippen LogP contribution is -2.49. The zero-order chi connectivity index (χ0) is 18.8. The number of benzene rings is 1. The van der Waals surface area contributed by atoms with Gasteiger partial charge < -0.3 is 9.80 Å². The number of hydrogen-bond acceptors (Lipinski definition) is 4. The Labute approximate surface area is 159 Å². The van der Waals surface area contributed by atoms with Gasteiger partial charge in [0.25, 0.3) is 5.91 Å². The molecule has 0 unspecified atom stereocenters. The van der Waals surface area contributed by atoms with Crippen molar-refractivity contribution in [2.45, 2.75) is 19.8 Å². The number of aromatic amines is 1. The molecule has 1 N–H and O–H groups in total. The minimum atomic E-state index is -0.523. The Bertz CT molecular complexity index is 865. The molecule has 1 aliphatic rings. The molecule has 1 amide bonds. The normalized spacial score (nSPS) is 14.6. The summed E-state index contributed by atoms with van der Waals surface area (Å²) in [6, 6.07) is 6.53. The molecule has 2 aromatic rings. The average Bonchev–Trinajstić information content (AvgIpc) is 3.02. The van der Waals surface area contributed by atoms with Gasteiger partial charge in [0.15, 0.2) is 5.69 Å². The first-order valence-electron chi connectivity index (χ1n) is 8.40. The van der Waals surface area contributed by atoms with E-state index < -0.39 is 5.82 Å². The van der Waals surface area contributed by atoms with Gasteiger partial charge >= 0.3 is 0 Å². The first-order chi connectivity index (χ1) is 12.4. The van der Waals surface area contributed by atoms with Crippen molar-refractivity contribution in [1.82, 2.24) is 15.1 Å². The minimum absolute atomic E-state index is 0.0453. The highest BCUT2D eigenvalue weighted by Crippen LogP contribution is 2.28. The Hall–Kier alpha value is -2.40. The predicted octanol–water partition coefficient (Wildman–Crippen LogP) is 3.27. The number of anilines is 1. The highest BCUT2D eigenvalue weighted by molar-refractivity contribution is 9.10. The average molecular weight is 420 g/mol. The van der Waals surface area contributed by atoms with E-state index in [1.807, 2.05) is 24.8 Å². The molecule has 3 rings (SSSR count). The van der Waals surface area contributed by atoms with Crippen molar-refractivity contribution in [3.05, 3.63) is 45.4 Å². The fourth-order valence-corrected chi connectivity index (χ4v) is 3.86. The van der Waals surface area contributed by atoms with E-state index in [2.05, 4.69) is 26.1 Å². The first-order valence-corrected chi connectivity index (χ1v) is 9.20. The molecule has 1 aliphatic heterocycles. The number of halogens is 2. The van der Waals surface area contributed by atoms with Gasteiger partial charge in [-0.3, -0.25) is 9.89 Å². The summed E-state index contributed by atoms with van der Waals surface area (Å²) in [6.45, 7) is 6.08. The van der Waals surface area contributed by atoms with Gasteiger partial charge in [0, 0.05) is 26.2 Å². The van der Waals surface area contributed by atoms with Crippen LogP contribution in [-0.4, -0.2) is 47.2 Å². The second-order valence-corrected chi connectivity index (χ2v) is 7.27. The summed E-state index contributed by atoms with van der Waals surface area (Å²) in [5, 5.41) is 16.3. The van der Waals surface area contributed by atoms with Crippen molar-refractivity contribution in [2.75, 3.05) is 31.1 Å². The van der Waals surface area contributed by atoms with Crippen molar-refractivity contribution in [3.8, 4) is 6.07 Å². The molecule has 1 fully saturated rings. The summed E-state index contributed by atoms with van der Waals surface area (Å²) in [5.41, 5.74) is 1.89. The minimum Gasteiger partial charge on any atom is -0.367 e. The third-order valence-corrected chi connectivity index (χ3v) is 5.33. The van der Waals surface area contributed by atoms with E-state index in [9.17, 15) is 14.4 Å². The molecule has 0 spiro atoms. The molecule has 0 aliphatic carbocycles. The molecule has 0 saturated carbocycles. The lowest BCUT2D eigenvalue weighted by atomic mass is 10.1. The van der Waals surface area contributed by atoms with Crippen LogP contribution in [0.15, 0.2) is 22.7 Å². The van der Waals surface area contributed by atoms with Crippen LogP contribution in [-0.2, 0) is 0 Å². The van der Waals surface area contributed by atoms with Crippen LogP contribution in [0.2, 0.25) is 0 Å². The van der Waals surface area contributed by atoms with E-state index in [1.165, 1.54) is 6.07 Å². The number of nitrogens with zero attached hydrogens (tertiary/aromatic N) is 4.